The first-order chi connectivity index (χ1) is 8.88. The van der Waals surface area contributed by atoms with Gasteiger partial charge in [-0.05, 0) is 31.4 Å². The van der Waals surface area contributed by atoms with Crippen LogP contribution in [-0.4, -0.2) is 21.4 Å². The third kappa shape index (κ3) is 2.23. The summed E-state index contributed by atoms with van der Waals surface area (Å²) in [5.74, 6) is 1.85. The van der Waals surface area contributed by atoms with E-state index < -0.39 is 0 Å². The van der Waals surface area contributed by atoms with Crippen LogP contribution in [0.4, 0.5) is 0 Å². The van der Waals surface area contributed by atoms with Crippen molar-refractivity contribution in [2.45, 2.75) is 32.2 Å². The molecule has 0 saturated heterocycles. The van der Waals surface area contributed by atoms with Crippen molar-refractivity contribution in [1.29, 1.82) is 0 Å². The third-order valence-corrected chi connectivity index (χ3v) is 3.08. The minimum Gasteiger partial charge on any atom is -0.494 e. The summed E-state index contributed by atoms with van der Waals surface area (Å²) in [7, 11) is 0. The number of hydrogen-bond donors (Lipinski definition) is 0. The molecule has 0 aliphatic heterocycles. The highest BCUT2D eigenvalue weighted by molar-refractivity contribution is 5.57. The highest BCUT2D eigenvalue weighted by Gasteiger charge is 2.26. The van der Waals surface area contributed by atoms with Crippen molar-refractivity contribution < 1.29 is 4.74 Å². The lowest BCUT2D eigenvalue weighted by molar-refractivity contribution is 0.317. The SMILES string of the molecule is CCCOc1cccc(-c2nncn2C2CC2)c1. The van der Waals surface area contributed by atoms with Crippen molar-refractivity contribution in [2.75, 3.05) is 6.61 Å². The van der Waals surface area contributed by atoms with Crippen LogP contribution in [-0.2, 0) is 0 Å². The molecule has 1 aliphatic carbocycles. The van der Waals surface area contributed by atoms with E-state index in [0.29, 0.717) is 6.04 Å². The second-order valence-electron chi connectivity index (χ2n) is 4.67. The van der Waals surface area contributed by atoms with Gasteiger partial charge in [-0.3, -0.25) is 0 Å². The maximum absolute atomic E-state index is 5.65. The van der Waals surface area contributed by atoms with Crippen LogP contribution in [0.25, 0.3) is 11.4 Å². The summed E-state index contributed by atoms with van der Waals surface area (Å²) >= 11 is 0. The Kier molecular flexibility index (Phi) is 3.00. The summed E-state index contributed by atoms with van der Waals surface area (Å²) in [6.07, 6.45) is 5.31. The zero-order valence-corrected chi connectivity index (χ0v) is 10.5. The maximum atomic E-state index is 5.65. The van der Waals surface area contributed by atoms with Crippen LogP contribution in [0.5, 0.6) is 5.75 Å². The molecule has 94 valence electrons. The topological polar surface area (TPSA) is 39.9 Å². The van der Waals surface area contributed by atoms with Crippen molar-refractivity contribution in [3.8, 4) is 17.1 Å². The Bertz CT molecular complexity index is 531. The Balaban J connectivity index is 1.88. The Morgan fingerprint density at radius 3 is 3.06 bits per heavy atom. The van der Waals surface area contributed by atoms with E-state index in [2.05, 4.69) is 27.8 Å². The van der Waals surface area contributed by atoms with Crippen LogP contribution in [0.2, 0.25) is 0 Å². The van der Waals surface area contributed by atoms with Gasteiger partial charge in [-0.2, -0.15) is 0 Å². The predicted octanol–water partition coefficient (Wildman–Crippen LogP) is 3.07. The van der Waals surface area contributed by atoms with Gasteiger partial charge in [0.2, 0.25) is 0 Å². The van der Waals surface area contributed by atoms with Crippen molar-refractivity contribution in [2.24, 2.45) is 0 Å². The van der Waals surface area contributed by atoms with Crippen molar-refractivity contribution in [3.05, 3.63) is 30.6 Å². The number of rotatable bonds is 5. The molecule has 4 nitrogen and oxygen atoms in total. The molecule has 1 aliphatic rings. The van der Waals surface area contributed by atoms with Gasteiger partial charge in [0, 0.05) is 11.6 Å². The summed E-state index contributed by atoms with van der Waals surface area (Å²) < 4.78 is 7.82. The summed E-state index contributed by atoms with van der Waals surface area (Å²) in [6, 6.07) is 8.68. The van der Waals surface area contributed by atoms with Crippen LogP contribution in [0.15, 0.2) is 30.6 Å². The molecule has 1 fully saturated rings. The van der Waals surface area contributed by atoms with Gasteiger partial charge in [0.1, 0.15) is 12.1 Å². The van der Waals surface area contributed by atoms with E-state index in [9.17, 15) is 0 Å². The quantitative estimate of drug-likeness (QED) is 0.810. The van der Waals surface area contributed by atoms with Gasteiger partial charge in [-0.1, -0.05) is 19.1 Å². The molecule has 1 aromatic heterocycles. The van der Waals surface area contributed by atoms with Crippen LogP contribution in [0.1, 0.15) is 32.2 Å². The first-order valence-corrected chi connectivity index (χ1v) is 6.51. The molecule has 0 N–H and O–H groups in total. The summed E-state index contributed by atoms with van der Waals surface area (Å²) in [6.45, 7) is 2.85. The molecule has 18 heavy (non-hydrogen) atoms. The highest BCUT2D eigenvalue weighted by Crippen LogP contribution is 2.37. The standard InChI is InChI=1S/C14H17N3O/c1-2-8-18-13-5-3-4-11(9-13)14-16-15-10-17(14)12-6-7-12/h3-5,9-10,12H,2,6-8H2,1H3. The van der Waals surface area contributed by atoms with Crippen LogP contribution >= 0.6 is 0 Å². The number of aromatic nitrogens is 3. The van der Waals surface area contributed by atoms with Gasteiger partial charge in [-0.25, -0.2) is 0 Å². The zero-order valence-electron chi connectivity index (χ0n) is 10.5. The molecule has 3 rings (SSSR count). The van der Waals surface area contributed by atoms with E-state index in [1.807, 2.05) is 24.5 Å². The van der Waals surface area contributed by atoms with Gasteiger partial charge < -0.3 is 9.30 Å². The molecular weight excluding hydrogens is 226 g/mol. The van der Waals surface area contributed by atoms with E-state index in [-0.39, 0.29) is 0 Å². The van der Waals surface area contributed by atoms with Crippen LogP contribution in [0.3, 0.4) is 0 Å². The Morgan fingerprint density at radius 2 is 2.28 bits per heavy atom. The minimum absolute atomic E-state index is 0.593. The molecule has 0 spiro atoms. The fraction of sp³-hybridized carbons (Fsp3) is 0.429. The van der Waals surface area contributed by atoms with Gasteiger partial charge >= 0.3 is 0 Å². The number of ether oxygens (including phenoxy) is 1. The highest BCUT2D eigenvalue weighted by atomic mass is 16.5. The van der Waals surface area contributed by atoms with Gasteiger partial charge in [-0.15, -0.1) is 10.2 Å². The molecule has 0 atom stereocenters. The predicted molar refractivity (Wildman–Crippen MR) is 69.5 cm³/mol. The molecular formula is C14H17N3O. The van der Waals surface area contributed by atoms with Crippen LogP contribution < -0.4 is 4.74 Å². The number of benzene rings is 1. The number of hydrogen-bond acceptors (Lipinski definition) is 3. The van der Waals surface area contributed by atoms with E-state index in [0.717, 1.165) is 30.2 Å². The fourth-order valence-corrected chi connectivity index (χ4v) is 2.01. The average molecular weight is 243 g/mol. The fourth-order valence-electron chi connectivity index (χ4n) is 2.01. The second kappa shape index (κ2) is 4.80. The molecule has 0 bridgehead atoms. The smallest absolute Gasteiger partial charge is 0.164 e. The second-order valence-corrected chi connectivity index (χ2v) is 4.67. The van der Waals surface area contributed by atoms with Crippen LogP contribution in [0, 0.1) is 0 Å². The Labute approximate surface area is 107 Å². The van der Waals surface area contributed by atoms with Gasteiger partial charge in [0.25, 0.3) is 0 Å². The molecule has 0 unspecified atom stereocenters. The van der Waals surface area contributed by atoms with E-state index >= 15 is 0 Å². The number of nitrogens with zero attached hydrogens (tertiary/aromatic N) is 3. The first kappa shape index (κ1) is 11.3. The minimum atomic E-state index is 0.593. The average Bonchev–Trinajstić information content (AvgIpc) is 3.14. The normalized spacial score (nSPS) is 14.7. The largest absolute Gasteiger partial charge is 0.494 e. The third-order valence-electron chi connectivity index (χ3n) is 3.08. The van der Waals surface area contributed by atoms with E-state index in [1.54, 1.807) is 0 Å². The lowest BCUT2D eigenvalue weighted by Gasteiger charge is -2.08. The molecule has 1 saturated carbocycles. The van der Waals surface area contributed by atoms with E-state index in [4.69, 9.17) is 4.74 Å². The van der Waals surface area contributed by atoms with Crippen molar-refractivity contribution in [1.82, 2.24) is 14.8 Å². The van der Waals surface area contributed by atoms with Gasteiger partial charge in [0.05, 0.1) is 6.61 Å². The summed E-state index contributed by atoms with van der Waals surface area (Å²) in [5, 5.41) is 8.25. The molecule has 4 heteroatoms. The molecule has 0 radical (unpaired) electrons. The van der Waals surface area contributed by atoms with Crippen molar-refractivity contribution in [3.63, 3.8) is 0 Å². The molecule has 0 amide bonds. The lowest BCUT2D eigenvalue weighted by Crippen LogP contribution is -1.98. The zero-order chi connectivity index (χ0) is 12.4. The van der Waals surface area contributed by atoms with E-state index in [1.165, 1.54) is 12.8 Å². The van der Waals surface area contributed by atoms with Gasteiger partial charge in [0.15, 0.2) is 5.82 Å². The van der Waals surface area contributed by atoms with Crippen molar-refractivity contribution >= 4 is 0 Å². The maximum Gasteiger partial charge on any atom is 0.164 e. The monoisotopic (exact) mass is 243 g/mol. The Hall–Kier alpha value is -1.84. The summed E-state index contributed by atoms with van der Waals surface area (Å²) in [4.78, 5) is 0. The molecule has 1 aromatic carbocycles. The first-order valence-electron chi connectivity index (χ1n) is 6.51. The summed E-state index contributed by atoms with van der Waals surface area (Å²) in [5.41, 5.74) is 1.08. The molecule has 1 heterocycles. The lowest BCUT2D eigenvalue weighted by atomic mass is 10.2. The molecule has 2 aromatic rings. The Morgan fingerprint density at radius 1 is 1.39 bits per heavy atom.